The van der Waals surface area contributed by atoms with Crippen LogP contribution in [-0.2, 0) is 6.54 Å². The number of nitrogens with one attached hydrogen (secondary N) is 1. The molecular formula is C21H25FN2O. The van der Waals surface area contributed by atoms with Crippen molar-refractivity contribution in [2.24, 2.45) is 5.92 Å². The van der Waals surface area contributed by atoms with E-state index in [0.717, 1.165) is 24.0 Å². The molecule has 3 nitrogen and oxygen atoms in total. The van der Waals surface area contributed by atoms with Crippen LogP contribution in [0.4, 0.5) is 9.18 Å². The van der Waals surface area contributed by atoms with Crippen molar-refractivity contribution in [1.29, 1.82) is 0 Å². The van der Waals surface area contributed by atoms with E-state index in [1.54, 1.807) is 17.0 Å². The molecule has 0 saturated heterocycles. The number of halogens is 1. The van der Waals surface area contributed by atoms with E-state index in [1.807, 2.05) is 25.2 Å². The molecular weight excluding hydrogens is 315 g/mol. The molecule has 2 amide bonds. The average molecular weight is 340 g/mol. The first-order chi connectivity index (χ1) is 12.0. The van der Waals surface area contributed by atoms with E-state index in [-0.39, 0.29) is 17.9 Å². The molecule has 0 aliphatic heterocycles. The standard InChI is InChI=1S/C21H25FN2O/c1-15-6-3-4-7-18(15)14-24(2)21(25)23-20(16-8-5-9-16)17-10-12-19(22)13-11-17/h3-4,6-7,10-13,16,20H,5,8-9,14H2,1-2H3,(H,23,25). The molecule has 2 aromatic carbocycles. The number of hydrogen-bond donors (Lipinski definition) is 1. The van der Waals surface area contributed by atoms with E-state index in [9.17, 15) is 9.18 Å². The largest absolute Gasteiger partial charge is 0.331 e. The molecule has 1 aliphatic rings. The molecule has 4 heteroatoms. The molecule has 25 heavy (non-hydrogen) atoms. The molecule has 1 fully saturated rings. The summed E-state index contributed by atoms with van der Waals surface area (Å²) in [6, 6.07) is 14.4. The van der Waals surface area contributed by atoms with Gasteiger partial charge in [0.25, 0.3) is 0 Å². The second kappa shape index (κ2) is 7.68. The maximum absolute atomic E-state index is 13.2. The van der Waals surface area contributed by atoms with Gasteiger partial charge in [-0.25, -0.2) is 9.18 Å². The van der Waals surface area contributed by atoms with Gasteiger partial charge in [-0.15, -0.1) is 0 Å². The fourth-order valence-electron chi connectivity index (χ4n) is 3.27. The quantitative estimate of drug-likeness (QED) is 0.832. The summed E-state index contributed by atoms with van der Waals surface area (Å²) < 4.78 is 13.2. The number of rotatable bonds is 5. The Labute approximate surface area is 148 Å². The minimum Gasteiger partial charge on any atom is -0.331 e. The van der Waals surface area contributed by atoms with Crippen molar-refractivity contribution in [1.82, 2.24) is 10.2 Å². The first kappa shape index (κ1) is 17.5. The highest BCUT2D eigenvalue weighted by atomic mass is 19.1. The molecule has 132 valence electrons. The second-order valence-corrected chi connectivity index (χ2v) is 6.95. The summed E-state index contributed by atoms with van der Waals surface area (Å²) in [6.45, 7) is 2.62. The van der Waals surface area contributed by atoms with Gasteiger partial charge >= 0.3 is 6.03 Å². The van der Waals surface area contributed by atoms with Gasteiger partial charge < -0.3 is 10.2 Å². The van der Waals surface area contributed by atoms with Gasteiger partial charge in [0.05, 0.1) is 6.04 Å². The van der Waals surface area contributed by atoms with Gasteiger partial charge in [-0.2, -0.15) is 0 Å². The van der Waals surface area contributed by atoms with Crippen LogP contribution >= 0.6 is 0 Å². The summed E-state index contributed by atoms with van der Waals surface area (Å²) in [4.78, 5) is 14.4. The number of amides is 2. The summed E-state index contributed by atoms with van der Waals surface area (Å²) in [5.74, 6) is 0.181. The Morgan fingerprint density at radius 1 is 1.20 bits per heavy atom. The summed E-state index contributed by atoms with van der Waals surface area (Å²) in [7, 11) is 1.81. The molecule has 0 bridgehead atoms. The van der Waals surface area contributed by atoms with Crippen LogP contribution in [0.15, 0.2) is 48.5 Å². The van der Waals surface area contributed by atoms with E-state index < -0.39 is 0 Å². The van der Waals surface area contributed by atoms with Crippen molar-refractivity contribution >= 4 is 6.03 Å². The summed E-state index contributed by atoms with van der Waals surface area (Å²) in [6.07, 6.45) is 3.39. The third-order valence-electron chi connectivity index (χ3n) is 5.14. The van der Waals surface area contributed by atoms with Gasteiger partial charge in [0.1, 0.15) is 5.82 Å². The molecule has 3 rings (SSSR count). The molecule has 1 aliphatic carbocycles. The van der Waals surface area contributed by atoms with Crippen LogP contribution in [0.3, 0.4) is 0 Å². The Balaban J connectivity index is 1.69. The van der Waals surface area contributed by atoms with E-state index >= 15 is 0 Å². The number of carbonyl (C=O) groups excluding carboxylic acids is 1. The molecule has 0 spiro atoms. The van der Waals surface area contributed by atoms with Crippen LogP contribution in [0.5, 0.6) is 0 Å². The number of urea groups is 1. The molecule has 1 atom stereocenters. The topological polar surface area (TPSA) is 32.3 Å². The van der Waals surface area contributed by atoms with Crippen LogP contribution in [-0.4, -0.2) is 18.0 Å². The van der Waals surface area contributed by atoms with Crippen LogP contribution in [0.25, 0.3) is 0 Å². The fraction of sp³-hybridized carbons (Fsp3) is 0.381. The SMILES string of the molecule is Cc1ccccc1CN(C)C(=O)NC(c1ccc(F)cc1)C1CCC1. The lowest BCUT2D eigenvalue weighted by Crippen LogP contribution is -2.42. The van der Waals surface area contributed by atoms with Crippen molar-refractivity contribution in [2.75, 3.05) is 7.05 Å². The second-order valence-electron chi connectivity index (χ2n) is 6.95. The van der Waals surface area contributed by atoms with Gasteiger partial charge in [-0.05, 0) is 54.5 Å². The zero-order valence-electron chi connectivity index (χ0n) is 14.8. The Bertz CT molecular complexity index is 725. The third-order valence-corrected chi connectivity index (χ3v) is 5.14. The van der Waals surface area contributed by atoms with Gasteiger partial charge in [0, 0.05) is 13.6 Å². The van der Waals surface area contributed by atoms with E-state index in [1.165, 1.54) is 24.1 Å². The summed E-state index contributed by atoms with van der Waals surface area (Å²) >= 11 is 0. The number of carbonyl (C=O) groups is 1. The fourth-order valence-corrected chi connectivity index (χ4v) is 3.27. The lowest BCUT2D eigenvalue weighted by Gasteiger charge is -2.35. The first-order valence-corrected chi connectivity index (χ1v) is 8.86. The molecule has 0 heterocycles. The molecule has 1 unspecified atom stereocenters. The van der Waals surface area contributed by atoms with Crippen LogP contribution in [0.1, 0.15) is 42.0 Å². The molecule has 1 N–H and O–H groups in total. The number of hydrogen-bond acceptors (Lipinski definition) is 1. The number of nitrogens with zero attached hydrogens (tertiary/aromatic N) is 1. The summed E-state index contributed by atoms with van der Waals surface area (Å²) in [5, 5.41) is 3.16. The first-order valence-electron chi connectivity index (χ1n) is 8.86. The lowest BCUT2D eigenvalue weighted by molar-refractivity contribution is 0.182. The Kier molecular flexibility index (Phi) is 5.37. The van der Waals surface area contributed by atoms with Crippen molar-refractivity contribution in [3.63, 3.8) is 0 Å². The number of benzene rings is 2. The average Bonchev–Trinajstić information content (AvgIpc) is 2.55. The van der Waals surface area contributed by atoms with Crippen LogP contribution in [0.2, 0.25) is 0 Å². The predicted molar refractivity (Wildman–Crippen MR) is 97.7 cm³/mol. The maximum Gasteiger partial charge on any atom is 0.317 e. The predicted octanol–water partition coefficient (Wildman–Crippen LogP) is 4.82. The van der Waals surface area contributed by atoms with Crippen molar-refractivity contribution in [2.45, 2.75) is 38.8 Å². The van der Waals surface area contributed by atoms with E-state index in [2.05, 4.69) is 18.3 Å². The van der Waals surface area contributed by atoms with Crippen LogP contribution in [0, 0.1) is 18.7 Å². The minimum atomic E-state index is -0.251. The highest BCUT2D eigenvalue weighted by molar-refractivity contribution is 5.74. The highest BCUT2D eigenvalue weighted by Gasteiger charge is 2.30. The molecule has 2 aromatic rings. The normalized spacial score (nSPS) is 15.3. The Morgan fingerprint density at radius 2 is 1.88 bits per heavy atom. The van der Waals surface area contributed by atoms with E-state index in [4.69, 9.17) is 0 Å². The van der Waals surface area contributed by atoms with Gasteiger partial charge in [0.2, 0.25) is 0 Å². The Morgan fingerprint density at radius 3 is 2.48 bits per heavy atom. The maximum atomic E-state index is 13.2. The lowest BCUT2D eigenvalue weighted by atomic mass is 9.77. The minimum absolute atomic E-state index is 0.0545. The zero-order chi connectivity index (χ0) is 17.8. The highest BCUT2D eigenvalue weighted by Crippen LogP contribution is 2.37. The molecule has 1 saturated carbocycles. The Hall–Kier alpha value is -2.36. The van der Waals surface area contributed by atoms with E-state index in [0.29, 0.717) is 12.5 Å². The van der Waals surface area contributed by atoms with Gasteiger partial charge in [-0.1, -0.05) is 42.8 Å². The van der Waals surface area contributed by atoms with Crippen molar-refractivity contribution < 1.29 is 9.18 Å². The van der Waals surface area contributed by atoms with Crippen molar-refractivity contribution in [3.05, 3.63) is 71.0 Å². The van der Waals surface area contributed by atoms with Crippen LogP contribution < -0.4 is 5.32 Å². The molecule has 0 radical (unpaired) electrons. The zero-order valence-corrected chi connectivity index (χ0v) is 14.8. The third kappa shape index (κ3) is 4.19. The van der Waals surface area contributed by atoms with Crippen molar-refractivity contribution in [3.8, 4) is 0 Å². The van der Waals surface area contributed by atoms with Gasteiger partial charge in [0.15, 0.2) is 0 Å². The molecule has 0 aromatic heterocycles. The summed E-state index contributed by atoms with van der Waals surface area (Å²) in [5.41, 5.74) is 3.29. The monoisotopic (exact) mass is 340 g/mol. The smallest absolute Gasteiger partial charge is 0.317 e. The number of aryl methyl sites for hydroxylation is 1. The van der Waals surface area contributed by atoms with Gasteiger partial charge in [-0.3, -0.25) is 0 Å².